The predicted molar refractivity (Wildman–Crippen MR) is 102 cm³/mol. The third-order valence-corrected chi connectivity index (χ3v) is 5.02. The SMILES string of the molecule is CC(C)N=C(NC(C)C)OCCC(F)(F)C(F)(F)C(F)(F)C(F)(F)C(F)(F)C(F)(F)C(F)(F)C(F)(F)C(F)(F)C(F)(F)F. The second kappa shape index (κ2) is 11.6. The maximum absolute atomic E-state index is 14.0. The van der Waals surface area contributed by atoms with Gasteiger partial charge in [-0.1, -0.05) is 0 Å². The first-order valence-electron chi connectivity index (χ1n) is 10.9. The zero-order chi connectivity index (χ0) is 35.3. The molecule has 0 spiro atoms. The van der Waals surface area contributed by atoms with Gasteiger partial charge in [-0.25, -0.2) is 4.99 Å². The highest BCUT2D eigenvalue weighted by atomic mass is 19.4. The summed E-state index contributed by atoms with van der Waals surface area (Å²) < 4.78 is 286. The van der Waals surface area contributed by atoms with Crippen LogP contribution >= 0.6 is 0 Å². The molecule has 1 N–H and O–H groups in total. The number of halogens is 21. The standard InChI is InChI=1S/C19H19F21N2O/c1-7(2)41-9(42-8(3)4)43-6-5-10(20,21)11(22,23)12(24,25)13(26,27)14(28,29)15(30,31)16(32,33)17(34,35)18(36,37)19(38,39)40/h7-8H,5-6H2,1-4H3,(H,41,42). The van der Waals surface area contributed by atoms with E-state index in [9.17, 15) is 92.2 Å². The number of hydrogen-bond donors (Lipinski definition) is 1. The fraction of sp³-hybridized carbons (Fsp3) is 0.947. The number of rotatable bonds is 13. The minimum Gasteiger partial charge on any atom is -0.465 e. The quantitative estimate of drug-likeness (QED) is 0.120. The van der Waals surface area contributed by atoms with Gasteiger partial charge < -0.3 is 10.1 Å². The first kappa shape index (κ1) is 40.8. The number of hydrogen-bond acceptors (Lipinski definition) is 2. The molecule has 0 aromatic rings. The van der Waals surface area contributed by atoms with Gasteiger partial charge in [-0.2, -0.15) is 92.2 Å². The van der Waals surface area contributed by atoms with Gasteiger partial charge >= 0.3 is 59.5 Å². The van der Waals surface area contributed by atoms with Crippen LogP contribution in [0.5, 0.6) is 0 Å². The molecule has 0 bridgehead atoms. The summed E-state index contributed by atoms with van der Waals surface area (Å²) in [4.78, 5) is 3.57. The summed E-state index contributed by atoms with van der Waals surface area (Å²) in [7, 11) is 0. The Kier molecular flexibility index (Phi) is 11.0. The summed E-state index contributed by atoms with van der Waals surface area (Å²) in [5, 5.41) is 2.26. The van der Waals surface area contributed by atoms with E-state index in [0.717, 1.165) is 0 Å². The summed E-state index contributed by atoms with van der Waals surface area (Å²) in [5.41, 5.74) is 0. The van der Waals surface area contributed by atoms with Gasteiger partial charge in [0.15, 0.2) is 0 Å². The van der Waals surface area contributed by atoms with Crippen LogP contribution in [0.2, 0.25) is 0 Å². The third-order valence-electron chi connectivity index (χ3n) is 5.02. The summed E-state index contributed by atoms with van der Waals surface area (Å²) in [6.45, 7) is 3.43. The first-order valence-corrected chi connectivity index (χ1v) is 10.9. The molecule has 0 rings (SSSR count). The van der Waals surface area contributed by atoms with E-state index in [1.54, 1.807) is 0 Å². The molecule has 0 saturated carbocycles. The van der Waals surface area contributed by atoms with Gasteiger partial charge in [-0.05, 0) is 27.7 Å². The molecular weight excluding hydrogens is 671 g/mol. The second-order valence-corrected chi connectivity index (χ2v) is 9.22. The van der Waals surface area contributed by atoms with Crippen LogP contribution in [-0.4, -0.2) is 84.2 Å². The van der Waals surface area contributed by atoms with Crippen LogP contribution in [0.25, 0.3) is 0 Å². The number of alkyl halides is 21. The van der Waals surface area contributed by atoms with Crippen LogP contribution in [0.3, 0.4) is 0 Å². The second-order valence-electron chi connectivity index (χ2n) is 9.22. The monoisotopic (exact) mass is 690 g/mol. The Labute approximate surface area is 226 Å². The predicted octanol–water partition coefficient (Wildman–Crippen LogP) is 8.44. The maximum Gasteiger partial charge on any atom is 0.460 e. The van der Waals surface area contributed by atoms with E-state index in [0.29, 0.717) is 0 Å². The molecule has 0 aliphatic carbocycles. The zero-order valence-corrected chi connectivity index (χ0v) is 21.4. The van der Waals surface area contributed by atoms with Crippen LogP contribution in [0.1, 0.15) is 34.1 Å². The molecule has 0 aliphatic heterocycles. The maximum atomic E-state index is 14.0. The van der Waals surface area contributed by atoms with E-state index >= 15 is 0 Å². The third kappa shape index (κ3) is 6.46. The molecule has 0 aliphatic rings. The van der Waals surface area contributed by atoms with Crippen LogP contribution in [-0.2, 0) is 4.74 Å². The number of nitrogens with zero attached hydrogens (tertiary/aromatic N) is 1. The molecule has 0 saturated heterocycles. The summed E-state index contributed by atoms with van der Waals surface area (Å²) >= 11 is 0. The van der Waals surface area contributed by atoms with Crippen molar-refractivity contribution in [2.45, 2.75) is 106 Å². The van der Waals surface area contributed by atoms with E-state index in [1.807, 2.05) is 0 Å². The van der Waals surface area contributed by atoms with Crippen LogP contribution in [0.4, 0.5) is 92.2 Å². The normalized spacial score (nSPS) is 16.3. The average molecular weight is 690 g/mol. The lowest BCUT2D eigenvalue weighted by atomic mass is 9.86. The average Bonchev–Trinajstić information content (AvgIpc) is 2.76. The van der Waals surface area contributed by atoms with Crippen molar-refractivity contribution in [1.82, 2.24) is 5.32 Å². The topological polar surface area (TPSA) is 33.6 Å². The molecule has 0 aromatic carbocycles. The van der Waals surface area contributed by atoms with Crippen molar-refractivity contribution < 1.29 is 96.9 Å². The van der Waals surface area contributed by atoms with Crippen molar-refractivity contribution >= 4 is 6.02 Å². The van der Waals surface area contributed by atoms with E-state index in [1.165, 1.54) is 27.7 Å². The van der Waals surface area contributed by atoms with Gasteiger partial charge in [0.05, 0.1) is 13.0 Å². The highest BCUT2D eigenvalue weighted by molar-refractivity contribution is 5.74. The van der Waals surface area contributed by atoms with Crippen molar-refractivity contribution in [1.29, 1.82) is 0 Å². The van der Waals surface area contributed by atoms with Gasteiger partial charge in [0.2, 0.25) is 0 Å². The van der Waals surface area contributed by atoms with E-state index in [2.05, 4.69) is 15.0 Å². The summed E-state index contributed by atoms with van der Waals surface area (Å²) in [6.07, 6.45) is -10.9. The molecule has 0 heterocycles. The van der Waals surface area contributed by atoms with Gasteiger partial charge in [0.1, 0.15) is 0 Å². The Bertz CT molecular complexity index is 983. The van der Waals surface area contributed by atoms with Crippen molar-refractivity contribution in [2.75, 3.05) is 6.61 Å². The molecule has 0 unspecified atom stereocenters. The highest BCUT2D eigenvalue weighted by Gasteiger charge is 2.97. The Morgan fingerprint density at radius 1 is 0.512 bits per heavy atom. The van der Waals surface area contributed by atoms with Crippen molar-refractivity contribution in [3.8, 4) is 0 Å². The number of amidine groups is 1. The molecule has 0 amide bonds. The van der Waals surface area contributed by atoms with Gasteiger partial charge in [-0.3, -0.25) is 0 Å². The molecule has 0 fully saturated rings. The van der Waals surface area contributed by atoms with Gasteiger partial charge in [0, 0.05) is 12.1 Å². The van der Waals surface area contributed by atoms with Crippen LogP contribution in [0, 0.1) is 0 Å². The summed E-state index contributed by atoms with van der Waals surface area (Å²) in [5.74, 6) is -77.1. The molecule has 24 heteroatoms. The number of ether oxygens (including phenoxy) is 1. The van der Waals surface area contributed by atoms with Crippen molar-refractivity contribution in [3.63, 3.8) is 0 Å². The fourth-order valence-corrected chi connectivity index (χ4v) is 2.62. The minimum absolute atomic E-state index is 0.645. The van der Waals surface area contributed by atoms with Gasteiger partial charge in [0.25, 0.3) is 6.02 Å². The smallest absolute Gasteiger partial charge is 0.460 e. The number of aliphatic imine (C=N–C) groups is 1. The largest absolute Gasteiger partial charge is 0.465 e. The molecule has 3 nitrogen and oxygen atoms in total. The molecule has 258 valence electrons. The summed E-state index contributed by atoms with van der Waals surface area (Å²) in [6, 6.07) is -2.14. The lowest BCUT2D eigenvalue weighted by Gasteiger charge is -2.44. The van der Waals surface area contributed by atoms with Crippen molar-refractivity contribution in [2.24, 2.45) is 4.99 Å². The Hall–Kier alpha value is -2.20. The molecule has 43 heavy (non-hydrogen) atoms. The van der Waals surface area contributed by atoms with Crippen molar-refractivity contribution in [3.05, 3.63) is 0 Å². The molecule has 0 atom stereocenters. The minimum atomic E-state index is -9.19. The first-order chi connectivity index (χ1) is 18.5. The van der Waals surface area contributed by atoms with Gasteiger partial charge in [-0.15, -0.1) is 0 Å². The van der Waals surface area contributed by atoms with Crippen LogP contribution < -0.4 is 5.32 Å². The van der Waals surface area contributed by atoms with E-state index in [4.69, 9.17) is 0 Å². The molecular formula is C19H19F21N2O. The van der Waals surface area contributed by atoms with E-state index < -0.39 is 90.6 Å². The van der Waals surface area contributed by atoms with E-state index in [-0.39, 0.29) is 0 Å². The zero-order valence-electron chi connectivity index (χ0n) is 21.4. The molecule has 0 radical (unpaired) electrons. The van der Waals surface area contributed by atoms with Crippen LogP contribution in [0.15, 0.2) is 4.99 Å². The lowest BCUT2D eigenvalue weighted by molar-refractivity contribution is -0.474. The highest BCUT2D eigenvalue weighted by Crippen LogP contribution is 2.66. The number of nitrogens with one attached hydrogen (secondary N) is 1. The molecule has 0 aromatic heterocycles. The Morgan fingerprint density at radius 2 is 0.814 bits per heavy atom. The fourth-order valence-electron chi connectivity index (χ4n) is 2.62. The Morgan fingerprint density at radius 3 is 1.09 bits per heavy atom. The Balaban J connectivity index is 6.69. The lowest BCUT2D eigenvalue weighted by Crippen LogP contribution is -2.76.